The molecule has 0 bridgehead atoms. The predicted molar refractivity (Wildman–Crippen MR) is 61.2 cm³/mol. The first-order chi connectivity index (χ1) is 8.17. The van der Waals surface area contributed by atoms with E-state index in [9.17, 15) is 9.59 Å². The van der Waals surface area contributed by atoms with Gasteiger partial charge in [-0.3, -0.25) is 14.7 Å². The van der Waals surface area contributed by atoms with E-state index in [-0.39, 0.29) is 24.7 Å². The molecule has 1 amide bonds. The highest BCUT2D eigenvalue weighted by atomic mass is 16.5. The Labute approximate surface area is 99.9 Å². The topological polar surface area (TPSA) is 75.3 Å². The van der Waals surface area contributed by atoms with E-state index in [1.54, 1.807) is 17.2 Å². The van der Waals surface area contributed by atoms with E-state index in [4.69, 9.17) is 0 Å². The van der Waals surface area contributed by atoms with Crippen molar-refractivity contribution in [2.75, 3.05) is 20.2 Å². The summed E-state index contributed by atoms with van der Waals surface area (Å²) in [6, 6.07) is 1.76. The van der Waals surface area contributed by atoms with Crippen LogP contribution in [0.25, 0.3) is 0 Å². The van der Waals surface area contributed by atoms with Gasteiger partial charge in [-0.15, -0.1) is 0 Å². The number of H-pyrrole nitrogens is 1. The van der Waals surface area contributed by atoms with Crippen molar-refractivity contribution in [3.8, 4) is 0 Å². The number of rotatable bonds is 6. The third-order valence-corrected chi connectivity index (χ3v) is 2.45. The van der Waals surface area contributed by atoms with Crippen LogP contribution in [-0.4, -0.2) is 47.2 Å². The lowest BCUT2D eigenvalue weighted by Gasteiger charge is -2.19. The molecule has 0 saturated heterocycles. The second-order valence-electron chi connectivity index (χ2n) is 3.56. The smallest absolute Gasteiger partial charge is 0.307 e. The summed E-state index contributed by atoms with van der Waals surface area (Å²) in [7, 11) is 1.34. The molecular formula is C11H17N3O3. The van der Waals surface area contributed by atoms with Gasteiger partial charge >= 0.3 is 5.97 Å². The van der Waals surface area contributed by atoms with Crippen LogP contribution >= 0.6 is 0 Å². The van der Waals surface area contributed by atoms with Crippen molar-refractivity contribution >= 4 is 11.9 Å². The molecule has 0 aliphatic heterocycles. The Morgan fingerprint density at radius 2 is 2.29 bits per heavy atom. The standard InChI is InChI=1S/C11H17N3O3/c1-3-14(7-5-11(16)17-2)10(15)8-9-4-6-12-13-9/h4,6H,3,5,7-8H2,1-2H3,(H,12,13). The summed E-state index contributed by atoms with van der Waals surface area (Å²) >= 11 is 0. The fraction of sp³-hybridized carbons (Fsp3) is 0.545. The van der Waals surface area contributed by atoms with Gasteiger partial charge in [0.1, 0.15) is 0 Å². The Kier molecular flexibility index (Phi) is 5.19. The molecule has 1 N–H and O–H groups in total. The van der Waals surface area contributed by atoms with E-state index in [1.807, 2.05) is 6.92 Å². The molecule has 1 rings (SSSR count). The third-order valence-electron chi connectivity index (χ3n) is 2.45. The molecule has 17 heavy (non-hydrogen) atoms. The van der Waals surface area contributed by atoms with Crippen LogP contribution in [0.15, 0.2) is 12.3 Å². The highest BCUT2D eigenvalue weighted by molar-refractivity contribution is 5.79. The number of likely N-dealkylation sites (N-methyl/N-ethyl adjacent to an activating group) is 1. The summed E-state index contributed by atoms with van der Waals surface area (Å²) in [6.07, 6.45) is 2.10. The number of nitrogens with zero attached hydrogens (tertiary/aromatic N) is 2. The van der Waals surface area contributed by atoms with E-state index in [0.717, 1.165) is 5.69 Å². The van der Waals surface area contributed by atoms with Crippen LogP contribution in [0.3, 0.4) is 0 Å². The molecule has 0 radical (unpaired) electrons. The van der Waals surface area contributed by atoms with Crippen molar-refractivity contribution in [1.29, 1.82) is 0 Å². The first kappa shape index (κ1) is 13.2. The molecule has 0 aliphatic rings. The molecule has 1 aromatic rings. The molecule has 0 spiro atoms. The van der Waals surface area contributed by atoms with E-state index >= 15 is 0 Å². The molecule has 0 aliphatic carbocycles. The molecule has 0 fully saturated rings. The van der Waals surface area contributed by atoms with Crippen molar-refractivity contribution in [3.05, 3.63) is 18.0 Å². The third kappa shape index (κ3) is 4.26. The number of methoxy groups -OCH3 is 1. The molecule has 0 aromatic carbocycles. The lowest BCUT2D eigenvalue weighted by Crippen LogP contribution is -2.34. The van der Waals surface area contributed by atoms with Crippen LogP contribution in [0.4, 0.5) is 0 Å². The van der Waals surface area contributed by atoms with Crippen LogP contribution in [0.2, 0.25) is 0 Å². The zero-order valence-corrected chi connectivity index (χ0v) is 10.1. The molecule has 6 nitrogen and oxygen atoms in total. The Hall–Kier alpha value is -1.85. The van der Waals surface area contributed by atoms with Crippen molar-refractivity contribution in [2.45, 2.75) is 19.8 Å². The van der Waals surface area contributed by atoms with Gasteiger partial charge in [0.25, 0.3) is 0 Å². The van der Waals surface area contributed by atoms with Crippen molar-refractivity contribution < 1.29 is 14.3 Å². The number of carbonyl (C=O) groups excluding carboxylic acids is 2. The van der Waals surface area contributed by atoms with Crippen molar-refractivity contribution in [3.63, 3.8) is 0 Å². The lowest BCUT2D eigenvalue weighted by molar-refractivity contribution is -0.141. The van der Waals surface area contributed by atoms with Gasteiger partial charge in [-0.25, -0.2) is 0 Å². The molecule has 0 saturated carbocycles. The molecule has 0 unspecified atom stereocenters. The molecule has 94 valence electrons. The lowest BCUT2D eigenvalue weighted by atomic mass is 10.2. The van der Waals surface area contributed by atoms with Crippen molar-refractivity contribution in [1.82, 2.24) is 15.1 Å². The molecule has 1 aromatic heterocycles. The maximum Gasteiger partial charge on any atom is 0.307 e. The Bertz CT molecular complexity index is 362. The number of aromatic nitrogens is 2. The Balaban J connectivity index is 2.44. The minimum atomic E-state index is -0.308. The van der Waals surface area contributed by atoms with Crippen LogP contribution in [0, 0.1) is 0 Å². The number of nitrogens with one attached hydrogen (secondary N) is 1. The number of amides is 1. The maximum absolute atomic E-state index is 11.9. The van der Waals surface area contributed by atoms with Gasteiger partial charge in [0.2, 0.25) is 5.91 Å². The summed E-state index contributed by atoms with van der Waals surface area (Å²) in [5.74, 6) is -0.335. The van der Waals surface area contributed by atoms with Gasteiger partial charge in [0.05, 0.1) is 20.0 Å². The first-order valence-electron chi connectivity index (χ1n) is 5.50. The van der Waals surface area contributed by atoms with E-state index < -0.39 is 0 Å². The van der Waals surface area contributed by atoms with E-state index in [0.29, 0.717) is 13.1 Å². The van der Waals surface area contributed by atoms with Gasteiger partial charge in [-0.05, 0) is 13.0 Å². The summed E-state index contributed by atoms with van der Waals surface area (Å²) in [5, 5.41) is 6.51. The van der Waals surface area contributed by atoms with Crippen LogP contribution in [-0.2, 0) is 20.7 Å². The minimum Gasteiger partial charge on any atom is -0.469 e. The molecule has 0 atom stereocenters. The van der Waals surface area contributed by atoms with Gasteiger partial charge in [0, 0.05) is 25.0 Å². The largest absolute Gasteiger partial charge is 0.469 e. The Morgan fingerprint density at radius 3 is 2.82 bits per heavy atom. The zero-order valence-electron chi connectivity index (χ0n) is 10.1. The average Bonchev–Trinajstić information content (AvgIpc) is 2.82. The van der Waals surface area contributed by atoms with Crippen LogP contribution in [0.5, 0.6) is 0 Å². The quantitative estimate of drug-likeness (QED) is 0.727. The second kappa shape index (κ2) is 6.67. The first-order valence-corrected chi connectivity index (χ1v) is 5.50. The highest BCUT2D eigenvalue weighted by Crippen LogP contribution is 2.00. The van der Waals surface area contributed by atoms with Crippen LogP contribution < -0.4 is 0 Å². The molecule has 6 heteroatoms. The van der Waals surface area contributed by atoms with Gasteiger partial charge in [0.15, 0.2) is 0 Å². The summed E-state index contributed by atoms with van der Waals surface area (Å²) in [4.78, 5) is 24.5. The monoisotopic (exact) mass is 239 g/mol. The normalized spacial score (nSPS) is 10.0. The highest BCUT2D eigenvalue weighted by Gasteiger charge is 2.14. The second-order valence-corrected chi connectivity index (χ2v) is 3.56. The number of esters is 1. The Morgan fingerprint density at radius 1 is 1.53 bits per heavy atom. The number of ether oxygens (including phenoxy) is 1. The van der Waals surface area contributed by atoms with E-state index in [2.05, 4.69) is 14.9 Å². The zero-order chi connectivity index (χ0) is 12.7. The maximum atomic E-state index is 11.9. The van der Waals surface area contributed by atoms with Gasteiger partial charge in [-0.1, -0.05) is 0 Å². The minimum absolute atomic E-state index is 0.0272. The molecular weight excluding hydrogens is 222 g/mol. The number of hydrogen-bond donors (Lipinski definition) is 1. The molecule has 1 heterocycles. The predicted octanol–water partition coefficient (Wildman–Crippen LogP) is 0.364. The summed E-state index contributed by atoms with van der Waals surface area (Å²) in [6.45, 7) is 2.84. The number of aromatic amines is 1. The SMILES string of the molecule is CCN(CCC(=O)OC)C(=O)Cc1ccn[nH]1. The van der Waals surface area contributed by atoms with Crippen molar-refractivity contribution in [2.24, 2.45) is 0 Å². The van der Waals surface area contributed by atoms with Gasteiger partial charge < -0.3 is 9.64 Å². The fourth-order valence-corrected chi connectivity index (χ4v) is 1.45. The van der Waals surface area contributed by atoms with E-state index in [1.165, 1.54) is 7.11 Å². The summed E-state index contributed by atoms with van der Waals surface area (Å²) < 4.78 is 4.54. The summed E-state index contributed by atoms with van der Waals surface area (Å²) in [5.41, 5.74) is 0.770. The van der Waals surface area contributed by atoms with Gasteiger partial charge in [-0.2, -0.15) is 5.10 Å². The fourth-order valence-electron chi connectivity index (χ4n) is 1.45. The number of carbonyl (C=O) groups is 2. The van der Waals surface area contributed by atoms with Crippen LogP contribution in [0.1, 0.15) is 19.0 Å². The number of hydrogen-bond acceptors (Lipinski definition) is 4. The average molecular weight is 239 g/mol.